The molecular weight excluding hydrogens is 286 g/mol. The molecule has 0 amide bonds. The van der Waals surface area contributed by atoms with Crippen molar-refractivity contribution in [2.75, 3.05) is 13.2 Å². The fraction of sp³-hybridized carbons (Fsp3) is 0.875. The molecule has 1 rings (SSSR count). The Hall–Kier alpha value is -1.14. The van der Waals surface area contributed by atoms with Gasteiger partial charge in [-0.1, -0.05) is 6.92 Å². The maximum absolute atomic E-state index is 11.8. The number of aliphatic hydroxyl groups is 1. The summed E-state index contributed by atoms with van der Waals surface area (Å²) in [6.45, 7) is 5.90. The number of esters is 1. The van der Waals surface area contributed by atoms with Crippen molar-refractivity contribution in [1.82, 2.24) is 5.32 Å². The van der Waals surface area contributed by atoms with Gasteiger partial charge in [0.2, 0.25) is 0 Å². The van der Waals surface area contributed by atoms with Crippen LogP contribution in [0.5, 0.6) is 0 Å². The summed E-state index contributed by atoms with van der Waals surface area (Å²) >= 11 is 0. The first-order valence-electron chi connectivity index (χ1n) is 8.07. The molecule has 0 spiro atoms. The molecule has 1 saturated carbocycles. The minimum Gasteiger partial charge on any atom is -0.481 e. The summed E-state index contributed by atoms with van der Waals surface area (Å²) in [7, 11) is 0. The molecule has 0 radical (unpaired) electrons. The second-order valence-electron chi connectivity index (χ2n) is 6.78. The number of carboxylic acids is 1. The number of carbonyl (C=O) groups excluding carboxylic acids is 1. The lowest BCUT2D eigenvalue weighted by atomic mass is 9.86. The third-order valence-electron chi connectivity index (χ3n) is 4.56. The number of rotatable bonds is 8. The number of carboxylic acid groups (broad SMARTS) is 1. The second-order valence-corrected chi connectivity index (χ2v) is 6.78. The Balaban J connectivity index is 2.20. The third-order valence-corrected chi connectivity index (χ3v) is 4.56. The minimum absolute atomic E-state index is 0.0142. The van der Waals surface area contributed by atoms with E-state index in [0.29, 0.717) is 25.8 Å². The monoisotopic (exact) mass is 315 g/mol. The fourth-order valence-corrected chi connectivity index (χ4v) is 2.42. The maximum atomic E-state index is 11.8. The first-order chi connectivity index (χ1) is 10.3. The molecule has 1 atom stereocenters. The fourth-order valence-electron chi connectivity index (χ4n) is 2.42. The van der Waals surface area contributed by atoms with Gasteiger partial charge in [0.25, 0.3) is 0 Å². The molecule has 0 aromatic heterocycles. The summed E-state index contributed by atoms with van der Waals surface area (Å²) in [5, 5.41) is 22.0. The Morgan fingerprint density at radius 2 is 1.86 bits per heavy atom. The van der Waals surface area contributed by atoms with Gasteiger partial charge in [-0.3, -0.25) is 9.59 Å². The van der Waals surface area contributed by atoms with Gasteiger partial charge in [-0.2, -0.15) is 0 Å². The van der Waals surface area contributed by atoms with Crippen LogP contribution in [0.25, 0.3) is 0 Å². The molecule has 0 aliphatic heterocycles. The average molecular weight is 315 g/mol. The van der Waals surface area contributed by atoms with Gasteiger partial charge in [0.05, 0.1) is 11.3 Å². The molecule has 0 saturated heterocycles. The maximum Gasteiger partial charge on any atom is 0.311 e. The zero-order valence-electron chi connectivity index (χ0n) is 13.8. The zero-order chi connectivity index (χ0) is 16.8. The standard InChI is InChI=1S/C16H29NO5/c1-4-16(2,3)15(21)22-10-13(18)9-17-12-7-5-11(6-8-12)14(19)20/h11-13,17-18H,4-10H2,1-3H3,(H,19,20). The van der Waals surface area contributed by atoms with E-state index in [9.17, 15) is 14.7 Å². The summed E-state index contributed by atoms with van der Waals surface area (Å²) in [4.78, 5) is 22.7. The number of ether oxygens (including phenoxy) is 1. The van der Waals surface area contributed by atoms with Crippen LogP contribution in [-0.4, -0.2) is 47.4 Å². The van der Waals surface area contributed by atoms with E-state index < -0.39 is 17.5 Å². The molecule has 128 valence electrons. The molecule has 0 aromatic rings. The van der Waals surface area contributed by atoms with Gasteiger partial charge in [0.1, 0.15) is 12.7 Å². The van der Waals surface area contributed by atoms with Crippen LogP contribution in [0.15, 0.2) is 0 Å². The van der Waals surface area contributed by atoms with E-state index in [2.05, 4.69) is 5.32 Å². The van der Waals surface area contributed by atoms with E-state index in [-0.39, 0.29) is 24.5 Å². The lowest BCUT2D eigenvalue weighted by molar-refractivity contribution is -0.157. The van der Waals surface area contributed by atoms with Crippen LogP contribution in [0.1, 0.15) is 52.9 Å². The van der Waals surface area contributed by atoms with Gasteiger partial charge in [-0.15, -0.1) is 0 Å². The van der Waals surface area contributed by atoms with E-state index in [0.717, 1.165) is 12.8 Å². The molecule has 22 heavy (non-hydrogen) atoms. The Labute approximate surface area is 132 Å². The smallest absolute Gasteiger partial charge is 0.311 e. The van der Waals surface area contributed by atoms with E-state index in [4.69, 9.17) is 9.84 Å². The first kappa shape index (κ1) is 18.9. The van der Waals surface area contributed by atoms with Gasteiger partial charge in [-0.25, -0.2) is 0 Å². The predicted molar refractivity (Wildman–Crippen MR) is 82.4 cm³/mol. The number of hydrogen-bond acceptors (Lipinski definition) is 5. The first-order valence-corrected chi connectivity index (χ1v) is 8.07. The van der Waals surface area contributed by atoms with Crippen molar-refractivity contribution < 1.29 is 24.5 Å². The summed E-state index contributed by atoms with van der Waals surface area (Å²) in [6.07, 6.45) is 2.88. The largest absolute Gasteiger partial charge is 0.481 e. The zero-order valence-corrected chi connectivity index (χ0v) is 13.8. The van der Waals surface area contributed by atoms with E-state index in [1.54, 1.807) is 0 Å². The quantitative estimate of drug-likeness (QED) is 0.588. The van der Waals surface area contributed by atoms with Crippen LogP contribution < -0.4 is 5.32 Å². The predicted octanol–water partition coefficient (Wildman–Crippen LogP) is 1.56. The molecule has 3 N–H and O–H groups in total. The van der Waals surface area contributed by atoms with Crippen molar-refractivity contribution in [1.29, 1.82) is 0 Å². The van der Waals surface area contributed by atoms with Crippen molar-refractivity contribution in [2.24, 2.45) is 11.3 Å². The highest BCUT2D eigenvalue weighted by molar-refractivity contribution is 5.75. The Morgan fingerprint density at radius 3 is 2.36 bits per heavy atom. The molecule has 0 aromatic carbocycles. The normalized spacial score (nSPS) is 23.8. The van der Waals surface area contributed by atoms with Crippen LogP contribution >= 0.6 is 0 Å². The van der Waals surface area contributed by atoms with Crippen molar-refractivity contribution in [3.05, 3.63) is 0 Å². The molecular formula is C16H29NO5. The van der Waals surface area contributed by atoms with Crippen LogP contribution in [0.4, 0.5) is 0 Å². The van der Waals surface area contributed by atoms with Crippen molar-refractivity contribution in [3.8, 4) is 0 Å². The average Bonchev–Trinajstić information content (AvgIpc) is 2.50. The van der Waals surface area contributed by atoms with Gasteiger partial charge in [0.15, 0.2) is 0 Å². The van der Waals surface area contributed by atoms with Crippen LogP contribution in [0, 0.1) is 11.3 Å². The van der Waals surface area contributed by atoms with Crippen molar-refractivity contribution in [3.63, 3.8) is 0 Å². The van der Waals surface area contributed by atoms with Crippen LogP contribution in [0.3, 0.4) is 0 Å². The van der Waals surface area contributed by atoms with E-state index in [1.807, 2.05) is 20.8 Å². The van der Waals surface area contributed by atoms with Crippen molar-refractivity contribution in [2.45, 2.75) is 65.0 Å². The minimum atomic E-state index is -0.742. The second kappa shape index (κ2) is 8.48. The summed E-state index contributed by atoms with van der Waals surface area (Å²) in [6, 6.07) is 0.230. The number of aliphatic carboxylic acids is 1. The summed E-state index contributed by atoms with van der Waals surface area (Å²) < 4.78 is 5.14. The number of nitrogens with one attached hydrogen (secondary N) is 1. The molecule has 1 aliphatic rings. The van der Waals surface area contributed by atoms with Crippen LogP contribution in [0.2, 0.25) is 0 Å². The molecule has 1 unspecified atom stereocenters. The number of hydrogen-bond donors (Lipinski definition) is 3. The number of carbonyl (C=O) groups is 2. The molecule has 1 aliphatic carbocycles. The van der Waals surface area contributed by atoms with Crippen molar-refractivity contribution >= 4 is 11.9 Å². The summed E-state index contributed by atoms with van der Waals surface area (Å²) in [5.41, 5.74) is -0.525. The Morgan fingerprint density at radius 1 is 1.27 bits per heavy atom. The molecule has 6 nitrogen and oxygen atoms in total. The highest BCUT2D eigenvalue weighted by Gasteiger charge is 2.28. The molecule has 0 bridgehead atoms. The highest BCUT2D eigenvalue weighted by Crippen LogP contribution is 2.24. The SMILES string of the molecule is CCC(C)(C)C(=O)OCC(O)CNC1CCC(C(=O)O)CC1. The number of aliphatic hydroxyl groups excluding tert-OH is 1. The van der Waals surface area contributed by atoms with Gasteiger partial charge < -0.3 is 20.3 Å². The molecule has 6 heteroatoms. The van der Waals surface area contributed by atoms with E-state index in [1.165, 1.54) is 0 Å². The Bertz CT molecular complexity index is 375. The van der Waals surface area contributed by atoms with Gasteiger partial charge >= 0.3 is 11.9 Å². The van der Waals surface area contributed by atoms with Gasteiger partial charge in [0, 0.05) is 12.6 Å². The third kappa shape index (κ3) is 5.93. The lowest BCUT2D eigenvalue weighted by Gasteiger charge is -2.28. The topological polar surface area (TPSA) is 95.9 Å². The molecule has 0 heterocycles. The summed E-state index contributed by atoms with van der Waals surface area (Å²) in [5.74, 6) is -1.25. The van der Waals surface area contributed by atoms with Crippen LogP contribution in [-0.2, 0) is 14.3 Å². The highest BCUT2D eigenvalue weighted by atomic mass is 16.5. The molecule has 1 fully saturated rings. The van der Waals surface area contributed by atoms with E-state index >= 15 is 0 Å². The lowest BCUT2D eigenvalue weighted by Crippen LogP contribution is -2.41. The Kier molecular flexibility index (Phi) is 7.29. The van der Waals surface area contributed by atoms with Gasteiger partial charge in [-0.05, 0) is 46.0 Å².